The number of aromatic nitrogens is 1. The summed E-state index contributed by atoms with van der Waals surface area (Å²) in [4.78, 5) is 4.13. The molecular weight excluding hydrogens is 324 g/mol. The van der Waals surface area contributed by atoms with E-state index < -0.39 is 10.0 Å². The number of sulfonamides is 1. The number of hydrogen-bond acceptors (Lipinski definition) is 4. The van der Waals surface area contributed by atoms with Crippen LogP contribution in [-0.4, -0.2) is 36.0 Å². The molecule has 0 aliphatic carbocycles. The predicted octanol–water partition coefficient (Wildman–Crippen LogP) is 2.23. The molecule has 0 amide bonds. The molecule has 5 nitrogen and oxygen atoms in total. The van der Waals surface area contributed by atoms with Gasteiger partial charge in [-0.3, -0.25) is 4.98 Å². The lowest BCUT2D eigenvalue weighted by Crippen LogP contribution is -2.33. The second kappa shape index (κ2) is 7.19. The van der Waals surface area contributed by atoms with Crippen LogP contribution in [0.5, 0.6) is 0 Å². The molecule has 0 bridgehead atoms. The zero-order valence-corrected chi connectivity index (χ0v) is 13.7. The molecule has 2 aromatic rings. The third kappa shape index (κ3) is 3.84. The van der Waals surface area contributed by atoms with Crippen LogP contribution >= 0.6 is 11.6 Å². The summed E-state index contributed by atoms with van der Waals surface area (Å²) >= 11 is 5.92. The zero-order chi connectivity index (χ0) is 16.2. The van der Waals surface area contributed by atoms with Crippen molar-refractivity contribution in [3.63, 3.8) is 0 Å². The normalized spacial score (nSPS) is 11.8. The predicted molar refractivity (Wildman–Crippen MR) is 85.1 cm³/mol. The smallest absolute Gasteiger partial charge is 0.243 e. The van der Waals surface area contributed by atoms with E-state index in [1.54, 1.807) is 43.6 Å². The number of rotatable bonds is 6. The van der Waals surface area contributed by atoms with Gasteiger partial charge in [0, 0.05) is 30.5 Å². The molecule has 22 heavy (non-hydrogen) atoms. The molecule has 1 aromatic heterocycles. The number of aliphatic hydroxyl groups excluding tert-OH is 1. The van der Waals surface area contributed by atoms with Gasteiger partial charge >= 0.3 is 0 Å². The molecule has 1 N–H and O–H groups in total. The number of nitrogens with zero attached hydrogens (tertiary/aromatic N) is 2. The Balaban J connectivity index is 2.39. The zero-order valence-electron chi connectivity index (χ0n) is 12.1. The summed E-state index contributed by atoms with van der Waals surface area (Å²) in [6.45, 7) is 1.59. The van der Waals surface area contributed by atoms with Crippen molar-refractivity contribution in [1.29, 1.82) is 0 Å². The molecule has 1 aromatic carbocycles. The third-order valence-electron chi connectivity index (χ3n) is 3.20. The first kappa shape index (κ1) is 16.9. The molecule has 7 heteroatoms. The summed E-state index contributed by atoms with van der Waals surface area (Å²) < 4.78 is 26.9. The lowest BCUT2D eigenvalue weighted by Gasteiger charge is -2.22. The van der Waals surface area contributed by atoms with Crippen molar-refractivity contribution in [2.45, 2.75) is 18.4 Å². The van der Waals surface area contributed by atoms with Crippen LogP contribution in [0.2, 0.25) is 5.02 Å². The van der Waals surface area contributed by atoms with Crippen molar-refractivity contribution in [3.8, 4) is 0 Å². The summed E-state index contributed by atoms with van der Waals surface area (Å²) in [5.74, 6) is 0. The number of benzene rings is 1. The summed E-state index contributed by atoms with van der Waals surface area (Å²) in [5, 5.41) is 9.56. The topological polar surface area (TPSA) is 70.5 Å². The molecule has 0 aliphatic rings. The lowest BCUT2D eigenvalue weighted by atomic mass is 10.2. The van der Waals surface area contributed by atoms with Gasteiger partial charge in [-0.1, -0.05) is 23.7 Å². The Hall–Kier alpha value is -1.47. The Morgan fingerprint density at radius 3 is 2.73 bits per heavy atom. The highest BCUT2D eigenvalue weighted by Crippen LogP contribution is 2.24. The maximum atomic E-state index is 12.8. The van der Waals surface area contributed by atoms with Crippen molar-refractivity contribution in [1.82, 2.24) is 9.29 Å². The minimum absolute atomic E-state index is 0.00316. The van der Waals surface area contributed by atoms with Gasteiger partial charge in [0.05, 0.1) is 11.5 Å². The number of aliphatic hydroxyl groups is 1. The second-order valence-corrected chi connectivity index (χ2v) is 7.18. The van der Waals surface area contributed by atoms with Gasteiger partial charge in [-0.2, -0.15) is 4.31 Å². The van der Waals surface area contributed by atoms with Crippen molar-refractivity contribution in [3.05, 3.63) is 58.9 Å². The van der Waals surface area contributed by atoms with Crippen LogP contribution in [0.3, 0.4) is 0 Å². The molecule has 118 valence electrons. The Morgan fingerprint density at radius 1 is 1.32 bits per heavy atom. The summed E-state index contributed by atoms with van der Waals surface area (Å²) in [6, 6.07) is 8.27. The molecule has 1 heterocycles. The SMILES string of the molecule is Cc1ccc(Cl)cc1S(=O)(=O)N(CCO)Cc1cccnc1. The van der Waals surface area contributed by atoms with E-state index in [2.05, 4.69) is 4.98 Å². The van der Waals surface area contributed by atoms with Crippen molar-refractivity contribution in [2.24, 2.45) is 0 Å². The van der Waals surface area contributed by atoms with Crippen molar-refractivity contribution >= 4 is 21.6 Å². The summed E-state index contributed by atoms with van der Waals surface area (Å²) in [6.07, 6.45) is 3.22. The van der Waals surface area contributed by atoms with E-state index in [0.717, 1.165) is 5.56 Å². The quantitative estimate of drug-likeness (QED) is 0.875. The third-order valence-corrected chi connectivity index (χ3v) is 5.42. The van der Waals surface area contributed by atoms with Crippen LogP contribution < -0.4 is 0 Å². The number of aryl methyl sites for hydroxylation is 1. The Bertz CT molecular complexity index is 736. The number of halogens is 1. The highest BCUT2D eigenvalue weighted by atomic mass is 35.5. The molecular formula is C15H17ClN2O3S. The van der Waals surface area contributed by atoms with Crippen molar-refractivity contribution < 1.29 is 13.5 Å². The Labute approximate surface area is 135 Å². The fourth-order valence-corrected chi connectivity index (χ4v) is 3.99. The molecule has 2 rings (SSSR count). The van der Waals surface area contributed by atoms with Crippen molar-refractivity contribution in [2.75, 3.05) is 13.2 Å². The monoisotopic (exact) mass is 340 g/mol. The van der Waals surface area contributed by atoms with E-state index in [1.165, 1.54) is 10.4 Å². The number of pyridine rings is 1. The maximum Gasteiger partial charge on any atom is 0.243 e. The van der Waals surface area contributed by atoms with Gasteiger partial charge in [0.25, 0.3) is 0 Å². The van der Waals surface area contributed by atoms with Gasteiger partial charge in [0.15, 0.2) is 0 Å². The molecule has 0 fully saturated rings. The van der Waals surface area contributed by atoms with Gasteiger partial charge in [0.1, 0.15) is 0 Å². The van der Waals surface area contributed by atoms with Gasteiger partial charge in [-0.25, -0.2) is 8.42 Å². The molecule has 0 atom stereocenters. The average Bonchev–Trinajstić information content (AvgIpc) is 2.50. The van der Waals surface area contributed by atoms with Gasteiger partial charge < -0.3 is 5.11 Å². The molecule has 0 saturated carbocycles. The van der Waals surface area contributed by atoms with Crippen LogP contribution in [0.25, 0.3) is 0 Å². The molecule has 0 aliphatic heterocycles. The van der Waals surface area contributed by atoms with Gasteiger partial charge in [-0.15, -0.1) is 0 Å². The first-order valence-electron chi connectivity index (χ1n) is 6.71. The van der Waals surface area contributed by atoms with Crippen LogP contribution in [-0.2, 0) is 16.6 Å². The van der Waals surface area contributed by atoms with E-state index in [4.69, 9.17) is 11.6 Å². The summed E-state index contributed by atoms with van der Waals surface area (Å²) in [7, 11) is -3.75. The molecule has 0 saturated heterocycles. The molecule has 0 spiro atoms. The van der Waals surface area contributed by atoms with E-state index in [-0.39, 0.29) is 24.6 Å². The fraction of sp³-hybridized carbons (Fsp3) is 0.267. The van der Waals surface area contributed by atoms with Crippen LogP contribution in [0.1, 0.15) is 11.1 Å². The van der Waals surface area contributed by atoms with Crippen LogP contribution in [0.4, 0.5) is 0 Å². The highest BCUT2D eigenvalue weighted by molar-refractivity contribution is 7.89. The van der Waals surface area contributed by atoms with E-state index in [1.807, 2.05) is 0 Å². The average molecular weight is 341 g/mol. The second-order valence-electron chi connectivity index (χ2n) is 4.83. The first-order valence-corrected chi connectivity index (χ1v) is 8.53. The van der Waals surface area contributed by atoms with Gasteiger partial charge in [0.2, 0.25) is 10.0 Å². The highest BCUT2D eigenvalue weighted by Gasteiger charge is 2.26. The maximum absolute atomic E-state index is 12.8. The lowest BCUT2D eigenvalue weighted by molar-refractivity contribution is 0.251. The van der Waals surface area contributed by atoms with E-state index in [9.17, 15) is 13.5 Å². The van der Waals surface area contributed by atoms with Crippen LogP contribution in [0.15, 0.2) is 47.6 Å². The van der Waals surface area contributed by atoms with E-state index in [0.29, 0.717) is 10.6 Å². The van der Waals surface area contributed by atoms with Gasteiger partial charge in [-0.05, 0) is 36.2 Å². The fourth-order valence-electron chi connectivity index (χ4n) is 2.08. The minimum Gasteiger partial charge on any atom is -0.395 e. The van der Waals surface area contributed by atoms with Crippen LogP contribution in [0, 0.1) is 6.92 Å². The Kier molecular flexibility index (Phi) is 5.52. The summed E-state index contributed by atoms with van der Waals surface area (Å²) in [5.41, 5.74) is 1.36. The molecule has 0 unspecified atom stereocenters. The minimum atomic E-state index is -3.75. The Morgan fingerprint density at radius 2 is 2.09 bits per heavy atom. The standard InChI is InChI=1S/C15H17ClN2O3S/c1-12-4-5-14(16)9-15(12)22(20,21)18(7-8-19)11-13-3-2-6-17-10-13/h2-6,9-10,19H,7-8,11H2,1H3. The molecule has 0 radical (unpaired) electrons. The van der Waals surface area contributed by atoms with E-state index >= 15 is 0 Å². The largest absolute Gasteiger partial charge is 0.395 e. The number of hydrogen-bond donors (Lipinski definition) is 1. The first-order chi connectivity index (χ1) is 10.4.